The van der Waals surface area contributed by atoms with Gasteiger partial charge in [-0.15, -0.1) is 0 Å². The lowest BCUT2D eigenvalue weighted by Gasteiger charge is -2.33. The van der Waals surface area contributed by atoms with Gasteiger partial charge in [0.25, 0.3) is 0 Å². The lowest BCUT2D eigenvalue weighted by Crippen LogP contribution is -2.53. The quantitative estimate of drug-likeness (QED) is 0.447. The highest BCUT2D eigenvalue weighted by Crippen LogP contribution is 2.63. The van der Waals surface area contributed by atoms with Gasteiger partial charge in [0, 0.05) is 18.8 Å². The fourth-order valence-corrected chi connectivity index (χ4v) is 6.58. The molecule has 3 saturated heterocycles. The maximum absolute atomic E-state index is 13.9. The number of aliphatic hydroxyl groups excluding tert-OH is 1. The molecule has 5 atom stereocenters. The van der Waals surface area contributed by atoms with Crippen LogP contribution in [0.25, 0.3) is 0 Å². The van der Waals surface area contributed by atoms with Crippen LogP contribution in [0.15, 0.2) is 48.5 Å². The van der Waals surface area contributed by atoms with E-state index in [0.29, 0.717) is 48.0 Å². The van der Waals surface area contributed by atoms with Gasteiger partial charge in [-0.05, 0) is 69.5 Å². The van der Waals surface area contributed by atoms with Crippen molar-refractivity contribution in [3.63, 3.8) is 0 Å². The normalized spacial score (nSPS) is 29.3. The number of nitrogens with zero attached hydrogens (tertiary/aromatic N) is 1. The third kappa shape index (κ3) is 4.32. The van der Waals surface area contributed by atoms with Crippen molar-refractivity contribution in [2.75, 3.05) is 30.4 Å². The lowest BCUT2D eigenvalue weighted by atomic mass is 9.66. The highest BCUT2D eigenvalue weighted by molar-refractivity contribution is 6.33. The Labute approximate surface area is 226 Å². The number of hydrogen-bond acceptors (Lipinski definition) is 6. The molecule has 3 heterocycles. The van der Waals surface area contributed by atoms with E-state index in [0.717, 1.165) is 0 Å². The van der Waals surface area contributed by atoms with Gasteiger partial charge in [0.15, 0.2) is 0 Å². The molecule has 2 aromatic rings. The second-order valence-corrected chi connectivity index (χ2v) is 10.7. The molecular formula is C28H32ClN3O6. The second kappa shape index (κ2) is 10.2. The molecule has 0 radical (unpaired) electrons. The van der Waals surface area contributed by atoms with Crippen LogP contribution in [0.1, 0.15) is 33.1 Å². The number of anilines is 2. The Bertz CT molecular complexity index is 1240. The largest absolute Gasteiger partial charge is 0.494 e. The molecule has 3 amide bonds. The molecule has 2 unspecified atom stereocenters. The Morgan fingerprint density at radius 3 is 2.55 bits per heavy atom. The number of halogens is 1. The highest BCUT2D eigenvalue weighted by Gasteiger charge is 2.77. The number of hydrogen-bond donors (Lipinski definition) is 3. The van der Waals surface area contributed by atoms with Gasteiger partial charge in [-0.1, -0.05) is 23.7 Å². The van der Waals surface area contributed by atoms with E-state index in [-0.39, 0.29) is 25.0 Å². The number of para-hydroxylation sites is 1. The maximum Gasteiger partial charge on any atom is 0.250 e. The van der Waals surface area contributed by atoms with Gasteiger partial charge < -0.3 is 30.1 Å². The van der Waals surface area contributed by atoms with Crippen LogP contribution in [0.5, 0.6) is 5.75 Å². The van der Waals surface area contributed by atoms with E-state index in [9.17, 15) is 19.5 Å². The van der Waals surface area contributed by atoms with Gasteiger partial charge >= 0.3 is 0 Å². The van der Waals surface area contributed by atoms with Crippen molar-refractivity contribution < 1.29 is 29.0 Å². The smallest absolute Gasteiger partial charge is 0.250 e. The number of benzene rings is 2. The number of ether oxygens (including phenoxy) is 2. The maximum atomic E-state index is 13.9. The molecule has 2 aromatic carbocycles. The summed E-state index contributed by atoms with van der Waals surface area (Å²) in [7, 11) is 0. The number of nitrogens with one attached hydrogen (secondary N) is 2. The number of carbonyl (C=O) groups excluding carboxylic acids is 3. The van der Waals surface area contributed by atoms with E-state index < -0.39 is 35.0 Å². The molecular weight excluding hydrogens is 510 g/mol. The predicted octanol–water partition coefficient (Wildman–Crippen LogP) is 3.46. The van der Waals surface area contributed by atoms with E-state index in [1.165, 1.54) is 4.90 Å². The summed E-state index contributed by atoms with van der Waals surface area (Å²) < 4.78 is 12.0. The lowest BCUT2D eigenvalue weighted by molar-refractivity contribution is -0.143. The van der Waals surface area contributed by atoms with Crippen LogP contribution in [0.4, 0.5) is 11.4 Å². The molecule has 5 rings (SSSR count). The van der Waals surface area contributed by atoms with Crippen molar-refractivity contribution in [3.8, 4) is 5.75 Å². The summed E-state index contributed by atoms with van der Waals surface area (Å²) in [6, 6.07) is 12.9. The van der Waals surface area contributed by atoms with E-state index in [1.807, 2.05) is 13.8 Å². The van der Waals surface area contributed by atoms with Crippen molar-refractivity contribution in [3.05, 3.63) is 53.6 Å². The number of aliphatic hydroxyl groups is 1. The molecule has 0 aliphatic carbocycles. The first kappa shape index (κ1) is 26.5. The number of carbonyl (C=O) groups is 3. The van der Waals surface area contributed by atoms with Gasteiger partial charge in [-0.2, -0.15) is 0 Å². The summed E-state index contributed by atoms with van der Waals surface area (Å²) in [5, 5.41) is 15.7. The molecule has 202 valence electrons. The Morgan fingerprint density at radius 1 is 1.13 bits per heavy atom. The number of fused-ring (bicyclic) bond motifs is 1. The first-order valence-corrected chi connectivity index (χ1v) is 13.3. The SMILES string of the molecule is CCOc1ccc(NC(=O)[C@H]2[C@H]3C(=O)N(CCCO)C(C(=O)Nc4ccccc4Cl)C34CC[C@]2(C)O4)cc1. The summed E-state index contributed by atoms with van der Waals surface area (Å²) >= 11 is 6.28. The fourth-order valence-electron chi connectivity index (χ4n) is 6.39. The molecule has 1 spiro atoms. The van der Waals surface area contributed by atoms with Crippen LogP contribution < -0.4 is 15.4 Å². The Kier molecular flexibility index (Phi) is 7.11. The second-order valence-electron chi connectivity index (χ2n) is 10.3. The molecule has 3 fully saturated rings. The zero-order valence-electron chi connectivity index (χ0n) is 21.4. The van der Waals surface area contributed by atoms with Gasteiger partial charge in [0.05, 0.1) is 34.8 Å². The minimum atomic E-state index is -1.16. The van der Waals surface area contributed by atoms with Crippen molar-refractivity contribution in [1.82, 2.24) is 4.90 Å². The van der Waals surface area contributed by atoms with Crippen LogP contribution >= 0.6 is 11.6 Å². The first-order chi connectivity index (χ1) is 18.2. The van der Waals surface area contributed by atoms with E-state index >= 15 is 0 Å². The molecule has 38 heavy (non-hydrogen) atoms. The molecule has 10 heteroatoms. The molecule has 3 N–H and O–H groups in total. The van der Waals surface area contributed by atoms with Crippen LogP contribution in [-0.2, 0) is 19.1 Å². The Morgan fingerprint density at radius 2 is 1.87 bits per heavy atom. The van der Waals surface area contributed by atoms with Crippen molar-refractivity contribution in [2.24, 2.45) is 11.8 Å². The summed E-state index contributed by atoms with van der Waals surface area (Å²) in [5.41, 5.74) is -1.05. The minimum absolute atomic E-state index is 0.138. The Hall–Kier alpha value is -3.14. The van der Waals surface area contributed by atoms with Gasteiger partial charge in [-0.3, -0.25) is 14.4 Å². The third-order valence-corrected chi connectivity index (χ3v) is 8.26. The van der Waals surface area contributed by atoms with Gasteiger partial charge in [0.1, 0.15) is 17.4 Å². The Balaban J connectivity index is 1.45. The van der Waals surface area contributed by atoms with Crippen LogP contribution in [0, 0.1) is 11.8 Å². The van der Waals surface area contributed by atoms with Crippen molar-refractivity contribution in [2.45, 2.75) is 50.4 Å². The molecule has 3 aliphatic rings. The molecule has 0 saturated carbocycles. The van der Waals surface area contributed by atoms with Gasteiger partial charge in [0.2, 0.25) is 17.7 Å². The summed E-state index contributed by atoms with van der Waals surface area (Å²) in [4.78, 5) is 42.8. The zero-order valence-corrected chi connectivity index (χ0v) is 22.2. The topological polar surface area (TPSA) is 117 Å². The average molecular weight is 542 g/mol. The fraction of sp³-hybridized carbons (Fsp3) is 0.464. The predicted molar refractivity (Wildman–Crippen MR) is 142 cm³/mol. The third-order valence-electron chi connectivity index (χ3n) is 7.93. The highest BCUT2D eigenvalue weighted by atomic mass is 35.5. The van der Waals surface area contributed by atoms with E-state index in [4.69, 9.17) is 21.1 Å². The van der Waals surface area contributed by atoms with Crippen LogP contribution in [0.3, 0.4) is 0 Å². The monoisotopic (exact) mass is 541 g/mol. The van der Waals surface area contributed by atoms with E-state index in [2.05, 4.69) is 10.6 Å². The molecule has 3 aliphatic heterocycles. The summed E-state index contributed by atoms with van der Waals surface area (Å²) in [6.45, 7) is 4.30. The molecule has 0 aromatic heterocycles. The molecule has 9 nitrogen and oxygen atoms in total. The summed E-state index contributed by atoms with van der Waals surface area (Å²) in [6.07, 6.45) is 1.29. The van der Waals surface area contributed by atoms with Crippen molar-refractivity contribution in [1.29, 1.82) is 0 Å². The van der Waals surface area contributed by atoms with Crippen LogP contribution in [-0.4, -0.2) is 64.7 Å². The summed E-state index contributed by atoms with van der Waals surface area (Å²) in [5.74, 6) is -1.99. The molecule has 2 bridgehead atoms. The number of rotatable bonds is 9. The van der Waals surface area contributed by atoms with E-state index in [1.54, 1.807) is 48.5 Å². The van der Waals surface area contributed by atoms with Crippen molar-refractivity contribution >= 4 is 40.7 Å². The average Bonchev–Trinajstić information content (AvgIpc) is 3.46. The first-order valence-electron chi connectivity index (χ1n) is 12.9. The number of amides is 3. The number of likely N-dealkylation sites (tertiary alicyclic amines) is 1. The zero-order chi connectivity index (χ0) is 27.1. The minimum Gasteiger partial charge on any atom is -0.494 e. The van der Waals surface area contributed by atoms with Crippen LogP contribution in [0.2, 0.25) is 5.02 Å². The van der Waals surface area contributed by atoms with Gasteiger partial charge in [-0.25, -0.2) is 0 Å². The standard InChI is InChI=1S/C28H32ClN3O6/c1-3-37-18-11-9-17(10-12-18)30-24(34)21-22-26(36)32(15-6-16-33)23(28(22)14-13-27(21,2)38-28)25(35)31-20-8-5-4-7-19(20)29/h4-5,7-12,21-23,33H,3,6,13-16H2,1-2H3,(H,30,34)(H,31,35)/t21-,22+,23?,27+,28?/m1/s1.